The molecule has 0 spiro atoms. The summed E-state index contributed by atoms with van der Waals surface area (Å²) in [5.74, 6) is -1.71. The maximum absolute atomic E-state index is 12.7. The Kier molecular flexibility index (Phi) is 7.71. The first kappa shape index (κ1) is 24.0. The number of carbonyl (C=O) groups is 1. The largest absolute Gasteiger partial charge is 0.497 e. The van der Waals surface area contributed by atoms with E-state index in [1.807, 2.05) is 18.2 Å². The van der Waals surface area contributed by atoms with E-state index in [0.717, 1.165) is 54.9 Å². The SMILES string of the molecule is COc1cc(CCC2CCN(C(=O)c3ccc(S(=O)(=O)C(F)F)cc3)CC2)cc(OC)c1. The number of hydrogen-bond acceptors (Lipinski definition) is 5. The fourth-order valence-corrected chi connectivity index (χ4v) is 4.60. The van der Waals surface area contributed by atoms with Crippen LogP contribution in [-0.4, -0.2) is 52.3 Å². The molecule has 0 aromatic heterocycles. The summed E-state index contributed by atoms with van der Waals surface area (Å²) >= 11 is 0. The van der Waals surface area contributed by atoms with Gasteiger partial charge in [0.25, 0.3) is 5.91 Å². The van der Waals surface area contributed by atoms with Gasteiger partial charge in [-0.3, -0.25) is 4.79 Å². The quantitative estimate of drug-likeness (QED) is 0.582. The molecule has 6 nitrogen and oxygen atoms in total. The van der Waals surface area contributed by atoms with E-state index in [1.54, 1.807) is 19.1 Å². The molecule has 0 saturated carbocycles. The van der Waals surface area contributed by atoms with Crippen molar-refractivity contribution in [2.24, 2.45) is 5.92 Å². The zero-order valence-electron chi connectivity index (χ0n) is 18.1. The maximum Gasteiger partial charge on any atom is 0.341 e. The molecule has 1 fully saturated rings. The van der Waals surface area contributed by atoms with Crippen molar-refractivity contribution in [1.29, 1.82) is 0 Å². The number of piperidine rings is 1. The second kappa shape index (κ2) is 10.3. The highest BCUT2D eigenvalue weighted by atomic mass is 32.2. The first-order valence-corrected chi connectivity index (χ1v) is 11.9. The first-order valence-electron chi connectivity index (χ1n) is 10.4. The summed E-state index contributed by atoms with van der Waals surface area (Å²) in [5, 5.41) is 0. The molecule has 32 heavy (non-hydrogen) atoms. The first-order chi connectivity index (χ1) is 15.2. The molecule has 1 saturated heterocycles. The summed E-state index contributed by atoms with van der Waals surface area (Å²) in [4.78, 5) is 14.0. The maximum atomic E-state index is 12.7. The minimum Gasteiger partial charge on any atom is -0.497 e. The summed E-state index contributed by atoms with van der Waals surface area (Å²) in [5.41, 5.74) is 1.43. The van der Waals surface area contributed by atoms with Gasteiger partial charge in [0.05, 0.1) is 19.1 Å². The molecule has 2 aromatic rings. The number of amides is 1. The normalized spacial score (nSPS) is 15.1. The standard InChI is InChI=1S/C23H27F2NO5S/c1-30-19-13-17(14-20(15-19)31-2)4-3-16-9-11-26(12-10-16)22(27)18-5-7-21(8-6-18)32(28,29)23(24)25/h5-8,13-16,23H,3-4,9-12H2,1-2H3. The van der Waals surface area contributed by atoms with E-state index in [-0.39, 0.29) is 5.91 Å². The average molecular weight is 468 g/mol. The Morgan fingerprint density at radius 3 is 2.09 bits per heavy atom. The van der Waals surface area contributed by atoms with Crippen LogP contribution in [0.3, 0.4) is 0 Å². The number of benzene rings is 2. The Labute approximate surface area is 187 Å². The third-order valence-corrected chi connectivity index (χ3v) is 7.22. The van der Waals surface area contributed by atoms with Gasteiger partial charge in [-0.25, -0.2) is 8.42 Å². The lowest BCUT2D eigenvalue weighted by molar-refractivity contribution is 0.0687. The smallest absolute Gasteiger partial charge is 0.341 e. The molecule has 3 rings (SSSR count). The Morgan fingerprint density at radius 1 is 1.03 bits per heavy atom. The van der Waals surface area contributed by atoms with Gasteiger partial charge in [-0.15, -0.1) is 0 Å². The van der Waals surface area contributed by atoms with Crippen LogP contribution >= 0.6 is 0 Å². The molecular formula is C23H27F2NO5S. The third kappa shape index (κ3) is 5.56. The topological polar surface area (TPSA) is 72.9 Å². The van der Waals surface area contributed by atoms with Crippen molar-refractivity contribution in [2.75, 3.05) is 27.3 Å². The highest BCUT2D eigenvalue weighted by molar-refractivity contribution is 7.91. The molecule has 174 valence electrons. The Bertz CT molecular complexity index is 1010. The van der Waals surface area contributed by atoms with Crippen LogP contribution in [0.15, 0.2) is 47.4 Å². The predicted octanol–water partition coefficient (Wildman–Crippen LogP) is 4.19. The number of rotatable bonds is 8. The van der Waals surface area contributed by atoms with E-state index >= 15 is 0 Å². The van der Waals surface area contributed by atoms with Crippen LogP contribution in [0, 0.1) is 5.92 Å². The van der Waals surface area contributed by atoms with Gasteiger partial charge >= 0.3 is 5.76 Å². The number of aryl methyl sites for hydroxylation is 1. The number of sulfone groups is 1. The van der Waals surface area contributed by atoms with E-state index in [4.69, 9.17) is 9.47 Å². The number of hydrogen-bond donors (Lipinski definition) is 0. The van der Waals surface area contributed by atoms with Gasteiger partial charge in [0.1, 0.15) is 11.5 Å². The van der Waals surface area contributed by atoms with Crippen molar-refractivity contribution >= 4 is 15.7 Å². The van der Waals surface area contributed by atoms with Crippen LogP contribution in [0.5, 0.6) is 11.5 Å². The molecule has 0 aliphatic carbocycles. The van der Waals surface area contributed by atoms with E-state index in [2.05, 4.69) is 0 Å². The monoisotopic (exact) mass is 467 g/mol. The molecule has 2 aromatic carbocycles. The van der Waals surface area contributed by atoms with E-state index in [9.17, 15) is 22.0 Å². The lowest BCUT2D eigenvalue weighted by atomic mass is 9.90. The second-order valence-corrected chi connectivity index (χ2v) is 9.74. The molecule has 1 aliphatic rings. The number of carbonyl (C=O) groups excluding carboxylic acids is 1. The van der Waals surface area contributed by atoms with Gasteiger partial charge in [-0.1, -0.05) is 0 Å². The van der Waals surface area contributed by atoms with Crippen LogP contribution in [-0.2, 0) is 16.3 Å². The van der Waals surface area contributed by atoms with Crippen molar-refractivity contribution in [2.45, 2.75) is 36.3 Å². The van der Waals surface area contributed by atoms with Gasteiger partial charge in [-0.2, -0.15) is 8.78 Å². The van der Waals surface area contributed by atoms with Gasteiger partial charge in [0.2, 0.25) is 9.84 Å². The highest BCUT2D eigenvalue weighted by Gasteiger charge is 2.28. The lowest BCUT2D eigenvalue weighted by Crippen LogP contribution is -2.38. The average Bonchev–Trinajstić information content (AvgIpc) is 2.82. The Morgan fingerprint density at radius 2 is 1.59 bits per heavy atom. The summed E-state index contributed by atoms with van der Waals surface area (Å²) in [6, 6.07) is 10.5. The zero-order chi connectivity index (χ0) is 23.3. The van der Waals surface area contributed by atoms with Gasteiger partial charge < -0.3 is 14.4 Å². The number of alkyl halides is 2. The summed E-state index contributed by atoms with van der Waals surface area (Å²) in [7, 11) is -1.42. The fourth-order valence-electron chi connectivity index (χ4n) is 3.88. The zero-order valence-corrected chi connectivity index (χ0v) is 18.9. The van der Waals surface area contributed by atoms with Crippen LogP contribution in [0.4, 0.5) is 8.78 Å². The second-order valence-electron chi connectivity index (χ2n) is 7.83. The molecule has 9 heteroatoms. The summed E-state index contributed by atoms with van der Waals surface area (Å²) in [6.45, 7) is 1.20. The third-order valence-electron chi connectivity index (χ3n) is 5.82. The Balaban J connectivity index is 1.54. The van der Waals surface area contributed by atoms with Gasteiger partial charge in [0.15, 0.2) is 0 Å². The summed E-state index contributed by atoms with van der Waals surface area (Å²) < 4.78 is 59.0. The minimum atomic E-state index is -4.66. The van der Waals surface area contributed by atoms with E-state index < -0.39 is 20.5 Å². The molecule has 0 bridgehead atoms. The van der Waals surface area contributed by atoms with Crippen molar-refractivity contribution in [3.63, 3.8) is 0 Å². The molecule has 0 atom stereocenters. The summed E-state index contributed by atoms with van der Waals surface area (Å²) in [6.07, 6.45) is 3.60. The number of likely N-dealkylation sites (tertiary alicyclic amines) is 1. The molecule has 1 amide bonds. The molecule has 0 N–H and O–H groups in total. The highest BCUT2D eigenvalue weighted by Crippen LogP contribution is 2.27. The number of methoxy groups -OCH3 is 2. The number of halogens is 2. The van der Waals surface area contributed by atoms with Gasteiger partial charge in [-0.05, 0) is 73.6 Å². The molecule has 0 unspecified atom stereocenters. The van der Waals surface area contributed by atoms with Gasteiger partial charge in [0, 0.05) is 24.7 Å². The van der Waals surface area contributed by atoms with Crippen molar-refractivity contribution in [3.05, 3.63) is 53.6 Å². The van der Waals surface area contributed by atoms with E-state index in [1.165, 1.54) is 12.1 Å². The molecule has 0 radical (unpaired) electrons. The fraction of sp³-hybridized carbons (Fsp3) is 0.435. The van der Waals surface area contributed by atoms with E-state index in [0.29, 0.717) is 24.6 Å². The lowest BCUT2D eigenvalue weighted by Gasteiger charge is -2.32. The minimum absolute atomic E-state index is 0.220. The number of nitrogens with zero attached hydrogens (tertiary/aromatic N) is 1. The Hall–Kier alpha value is -2.68. The van der Waals surface area contributed by atoms with Crippen LogP contribution in [0.2, 0.25) is 0 Å². The molecule has 1 aliphatic heterocycles. The van der Waals surface area contributed by atoms with Crippen LogP contribution in [0.25, 0.3) is 0 Å². The predicted molar refractivity (Wildman–Crippen MR) is 116 cm³/mol. The van der Waals surface area contributed by atoms with Crippen LogP contribution < -0.4 is 9.47 Å². The number of ether oxygens (including phenoxy) is 2. The van der Waals surface area contributed by atoms with Crippen molar-refractivity contribution in [1.82, 2.24) is 4.90 Å². The van der Waals surface area contributed by atoms with Crippen molar-refractivity contribution < 1.29 is 31.5 Å². The molecular weight excluding hydrogens is 440 g/mol. The van der Waals surface area contributed by atoms with Crippen LogP contribution in [0.1, 0.15) is 35.2 Å². The van der Waals surface area contributed by atoms with Crippen molar-refractivity contribution in [3.8, 4) is 11.5 Å². The molecule has 1 heterocycles.